The zero-order valence-electron chi connectivity index (χ0n) is 14.2. The number of benzene rings is 2. The molecule has 0 atom stereocenters. The maximum atomic E-state index is 10.5. The third-order valence-electron chi connectivity index (χ3n) is 3.49. The van der Waals surface area contributed by atoms with E-state index in [0.717, 1.165) is 11.1 Å². The Bertz CT molecular complexity index is 823. The molecule has 0 aliphatic carbocycles. The first kappa shape index (κ1) is 21.4. The van der Waals surface area contributed by atoms with Gasteiger partial charge in [0.1, 0.15) is 0 Å². The maximum Gasteiger partial charge on any atom is 0.271 e. The molecule has 0 unspecified atom stereocenters. The lowest BCUT2D eigenvalue weighted by Crippen LogP contribution is -1.94. The van der Waals surface area contributed by atoms with Gasteiger partial charge in [0.05, 0.1) is 25.6 Å². The van der Waals surface area contributed by atoms with E-state index in [9.17, 15) is 20.2 Å². The number of hydrogen-bond donors (Lipinski definition) is 1. The molecule has 2 rings (SSSR count). The van der Waals surface area contributed by atoms with Gasteiger partial charge in [-0.25, -0.2) is 0 Å². The van der Waals surface area contributed by atoms with Crippen LogP contribution >= 0.6 is 23.2 Å². The number of non-ortho nitro benzene ring substituents is 2. The number of rotatable bonds is 4. The molecular formula is C17H17Cl2N3O4. The first-order valence-corrected chi connectivity index (χ1v) is 8.08. The van der Waals surface area contributed by atoms with Gasteiger partial charge in [-0.15, -0.1) is 6.58 Å². The lowest BCUT2D eigenvalue weighted by atomic mass is 10.1. The second kappa shape index (κ2) is 9.17. The molecule has 26 heavy (non-hydrogen) atoms. The first-order valence-electron chi connectivity index (χ1n) is 7.32. The molecule has 0 heterocycles. The predicted molar refractivity (Wildman–Crippen MR) is 104 cm³/mol. The van der Waals surface area contributed by atoms with Gasteiger partial charge in [-0.3, -0.25) is 20.2 Å². The summed E-state index contributed by atoms with van der Waals surface area (Å²) in [6.45, 7) is 7.08. The van der Waals surface area contributed by atoms with Crippen LogP contribution in [0.15, 0.2) is 36.9 Å². The lowest BCUT2D eigenvalue weighted by Gasteiger charge is -2.05. The molecule has 9 heteroatoms. The molecule has 138 valence electrons. The van der Waals surface area contributed by atoms with E-state index in [0.29, 0.717) is 22.7 Å². The fourth-order valence-corrected chi connectivity index (χ4v) is 2.71. The Balaban J connectivity index is 0.000000263. The number of nitrogens with zero attached hydrogens (tertiary/aromatic N) is 2. The molecule has 0 aliphatic rings. The van der Waals surface area contributed by atoms with Crippen molar-refractivity contribution in [3.63, 3.8) is 0 Å². The van der Waals surface area contributed by atoms with Gasteiger partial charge in [0.25, 0.3) is 11.4 Å². The second-order valence-electron chi connectivity index (χ2n) is 5.39. The van der Waals surface area contributed by atoms with Crippen LogP contribution in [0.5, 0.6) is 0 Å². The number of nitrogens with two attached hydrogens (primary N) is 1. The highest BCUT2D eigenvalue weighted by molar-refractivity contribution is 6.33. The average Bonchev–Trinajstić information content (AvgIpc) is 2.55. The summed E-state index contributed by atoms with van der Waals surface area (Å²) in [6.07, 6.45) is 2.35. The normalized spacial score (nSPS) is 9.85. The summed E-state index contributed by atoms with van der Waals surface area (Å²) in [6, 6.07) is 5.52. The molecule has 0 aliphatic heterocycles. The predicted octanol–water partition coefficient (Wildman–Crippen LogP) is 5.42. The molecule has 0 bridgehead atoms. The number of halogens is 2. The Hall–Kier alpha value is -2.64. The van der Waals surface area contributed by atoms with Crippen LogP contribution in [0.25, 0.3) is 0 Å². The van der Waals surface area contributed by atoms with Gasteiger partial charge in [0.2, 0.25) is 0 Å². The summed E-state index contributed by atoms with van der Waals surface area (Å²) in [7, 11) is 0. The van der Waals surface area contributed by atoms with Gasteiger partial charge in [-0.05, 0) is 37.0 Å². The van der Waals surface area contributed by atoms with Gasteiger partial charge in [0, 0.05) is 24.3 Å². The van der Waals surface area contributed by atoms with E-state index >= 15 is 0 Å². The van der Waals surface area contributed by atoms with Crippen LogP contribution in [0, 0.1) is 34.1 Å². The standard InChI is InChI=1S/C10H10ClNO2.C7H7ClN2O2/c1-3-4-9-7(2)5-8(12(13)14)6-10(9)11;1-4-2-5(10(11)12)3-6(8)7(4)9/h3,5-6H,1,4H2,2H3;2-3H,9H2,1H3. The second-order valence-corrected chi connectivity index (χ2v) is 6.20. The lowest BCUT2D eigenvalue weighted by molar-refractivity contribution is -0.385. The van der Waals surface area contributed by atoms with Crippen LogP contribution < -0.4 is 5.73 Å². The molecule has 0 radical (unpaired) electrons. The van der Waals surface area contributed by atoms with E-state index in [4.69, 9.17) is 28.9 Å². The molecule has 2 aromatic carbocycles. The van der Waals surface area contributed by atoms with E-state index in [1.165, 1.54) is 24.3 Å². The Morgan fingerprint density at radius 2 is 1.46 bits per heavy atom. The van der Waals surface area contributed by atoms with Crippen molar-refractivity contribution in [2.24, 2.45) is 0 Å². The highest BCUT2D eigenvalue weighted by Gasteiger charge is 2.12. The monoisotopic (exact) mass is 397 g/mol. The molecule has 2 N–H and O–H groups in total. The fourth-order valence-electron chi connectivity index (χ4n) is 2.11. The number of nitro groups is 2. The number of aryl methyl sites for hydroxylation is 2. The molecule has 0 amide bonds. The summed E-state index contributed by atoms with van der Waals surface area (Å²) >= 11 is 11.5. The van der Waals surface area contributed by atoms with Crippen molar-refractivity contribution in [1.29, 1.82) is 0 Å². The Morgan fingerprint density at radius 1 is 1.00 bits per heavy atom. The number of hydrogen-bond acceptors (Lipinski definition) is 5. The van der Waals surface area contributed by atoms with E-state index in [1.54, 1.807) is 19.9 Å². The summed E-state index contributed by atoms with van der Waals surface area (Å²) in [5, 5.41) is 21.5. The topological polar surface area (TPSA) is 112 Å². The zero-order chi connectivity index (χ0) is 20.0. The summed E-state index contributed by atoms with van der Waals surface area (Å²) in [4.78, 5) is 19.9. The molecule has 7 nitrogen and oxygen atoms in total. The van der Waals surface area contributed by atoms with Gasteiger partial charge in [-0.1, -0.05) is 29.3 Å². The molecular weight excluding hydrogens is 381 g/mol. The van der Waals surface area contributed by atoms with Crippen molar-refractivity contribution in [3.8, 4) is 0 Å². The minimum absolute atomic E-state index is 0.0281. The quantitative estimate of drug-likeness (QED) is 0.320. The van der Waals surface area contributed by atoms with Crippen LogP contribution in [0.4, 0.5) is 17.1 Å². The molecule has 0 spiro atoms. The number of nitro benzene ring substituents is 2. The molecule has 0 saturated carbocycles. The van der Waals surface area contributed by atoms with Gasteiger partial charge in [0.15, 0.2) is 0 Å². The minimum Gasteiger partial charge on any atom is -0.397 e. The van der Waals surface area contributed by atoms with Gasteiger partial charge >= 0.3 is 0 Å². The highest BCUT2D eigenvalue weighted by atomic mass is 35.5. The Labute approximate surface area is 160 Å². The molecule has 0 fully saturated rings. The van der Waals surface area contributed by atoms with Crippen LogP contribution in [0.1, 0.15) is 16.7 Å². The third kappa shape index (κ3) is 5.44. The number of allylic oxidation sites excluding steroid dienone is 1. The first-order chi connectivity index (χ1) is 12.1. The van der Waals surface area contributed by atoms with Crippen molar-refractivity contribution in [3.05, 3.63) is 83.9 Å². The third-order valence-corrected chi connectivity index (χ3v) is 4.14. The summed E-state index contributed by atoms with van der Waals surface area (Å²) < 4.78 is 0. The van der Waals surface area contributed by atoms with Crippen LogP contribution in [-0.2, 0) is 6.42 Å². The largest absolute Gasteiger partial charge is 0.397 e. The van der Waals surface area contributed by atoms with Crippen LogP contribution in [0.2, 0.25) is 10.0 Å². The molecule has 0 saturated heterocycles. The van der Waals surface area contributed by atoms with Gasteiger partial charge < -0.3 is 5.73 Å². The van der Waals surface area contributed by atoms with Crippen LogP contribution in [0.3, 0.4) is 0 Å². The Kier molecular flexibility index (Phi) is 7.55. The van der Waals surface area contributed by atoms with Crippen molar-refractivity contribution in [2.75, 3.05) is 5.73 Å². The SMILES string of the molecule is C=CCc1c(C)cc([N+](=O)[O-])cc1Cl.Cc1cc([N+](=O)[O-])cc(Cl)c1N. The molecule has 0 aromatic heterocycles. The number of nitrogen functional groups attached to an aromatic ring is 1. The minimum atomic E-state index is -0.502. The smallest absolute Gasteiger partial charge is 0.271 e. The Morgan fingerprint density at radius 3 is 1.85 bits per heavy atom. The average molecular weight is 398 g/mol. The van der Waals surface area contributed by atoms with Crippen molar-refractivity contribution in [1.82, 2.24) is 0 Å². The van der Waals surface area contributed by atoms with E-state index in [2.05, 4.69) is 6.58 Å². The van der Waals surface area contributed by atoms with E-state index < -0.39 is 9.85 Å². The van der Waals surface area contributed by atoms with Crippen molar-refractivity contribution in [2.45, 2.75) is 20.3 Å². The van der Waals surface area contributed by atoms with E-state index in [1.807, 2.05) is 0 Å². The zero-order valence-corrected chi connectivity index (χ0v) is 15.7. The van der Waals surface area contributed by atoms with Crippen molar-refractivity contribution < 1.29 is 9.85 Å². The fraction of sp³-hybridized carbons (Fsp3) is 0.176. The summed E-state index contributed by atoms with van der Waals surface area (Å²) in [5.74, 6) is 0. The van der Waals surface area contributed by atoms with Gasteiger partial charge in [-0.2, -0.15) is 0 Å². The van der Waals surface area contributed by atoms with Crippen LogP contribution in [-0.4, -0.2) is 9.85 Å². The van der Waals surface area contributed by atoms with E-state index in [-0.39, 0.29) is 16.4 Å². The van der Waals surface area contributed by atoms with Crippen molar-refractivity contribution >= 4 is 40.3 Å². The maximum absolute atomic E-state index is 10.5. The summed E-state index contributed by atoms with van der Waals surface area (Å²) in [5.41, 5.74) is 8.22. The highest BCUT2D eigenvalue weighted by Crippen LogP contribution is 2.28. The molecule has 2 aromatic rings. The number of anilines is 1.